The highest BCUT2D eigenvalue weighted by Crippen LogP contribution is 2.21. The molecule has 0 saturated carbocycles. The van der Waals surface area contributed by atoms with Crippen molar-refractivity contribution >= 4 is 29.1 Å². The summed E-state index contributed by atoms with van der Waals surface area (Å²) in [7, 11) is 0. The Labute approximate surface area is 142 Å². The summed E-state index contributed by atoms with van der Waals surface area (Å²) >= 11 is 6.09. The van der Waals surface area contributed by atoms with Crippen LogP contribution in [0.3, 0.4) is 0 Å². The summed E-state index contributed by atoms with van der Waals surface area (Å²) in [5.74, 6) is -0.149. The van der Waals surface area contributed by atoms with E-state index in [-0.39, 0.29) is 30.4 Å². The lowest BCUT2D eigenvalue weighted by molar-refractivity contribution is -0.116. The number of rotatable bonds is 8. The number of aliphatic hydroxyl groups is 1. The molecule has 0 bridgehead atoms. The predicted molar refractivity (Wildman–Crippen MR) is 92.8 cm³/mol. The quantitative estimate of drug-likeness (QED) is 0.680. The van der Waals surface area contributed by atoms with Crippen LogP contribution in [0.4, 0.5) is 5.69 Å². The maximum atomic E-state index is 12.3. The summed E-state index contributed by atoms with van der Waals surface area (Å²) in [5, 5.41) is 14.9. The number of benzene rings is 1. The normalized spacial score (nSPS) is 12.1. The van der Waals surface area contributed by atoms with Gasteiger partial charge in [-0.25, -0.2) is 0 Å². The number of aliphatic hydroxyl groups excluding tert-OH is 1. The fourth-order valence-corrected chi connectivity index (χ4v) is 2.36. The molecule has 1 rings (SSSR count). The van der Waals surface area contributed by atoms with Crippen LogP contribution >= 0.6 is 11.6 Å². The second-order valence-electron chi connectivity index (χ2n) is 5.93. The molecule has 1 aromatic carbocycles. The van der Waals surface area contributed by atoms with Gasteiger partial charge in [0.15, 0.2) is 0 Å². The van der Waals surface area contributed by atoms with Gasteiger partial charge in [0.2, 0.25) is 5.91 Å². The lowest BCUT2D eigenvalue weighted by Gasteiger charge is -2.17. The third-order valence-electron chi connectivity index (χ3n) is 3.39. The van der Waals surface area contributed by atoms with Gasteiger partial charge in [-0.3, -0.25) is 9.59 Å². The van der Waals surface area contributed by atoms with Crippen molar-refractivity contribution in [3.05, 3.63) is 28.8 Å². The van der Waals surface area contributed by atoms with Crippen LogP contribution in [-0.4, -0.2) is 29.6 Å². The summed E-state index contributed by atoms with van der Waals surface area (Å²) in [4.78, 5) is 24.2. The SMILES string of the molecule is CCC(CCO)NC(=O)c1cc(NC(=O)CC(C)C)ccc1Cl. The van der Waals surface area contributed by atoms with Gasteiger partial charge in [0.05, 0.1) is 10.6 Å². The van der Waals surface area contributed by atoms with Gasteiger partial charge in [-0.2, -0.15) is 0 Å². The molecule has 1 atom stereocenters. The first-order valence-corrected chi connectivity index (χ1v) is 8.26. The van der Waals surface area contributed by atoms with E-state index in [1.807, 2.05) is 20.8 Å². The summed E-state index contributed by atoms with van der Waals surface area (Å²) in [5.41, 5.74) is 0.853. The minimum atomic E-state index is -0.310. The molecule has 6 heteroatoms. The fourth-order valence-electron chi connectivity index (χ4n) is 2.16. The standard InChI is InChI=1S/C17H25ClN2O3/c1-4-12(7-8-21)20-17(23)14-10-13(5-6-15(14)18)19-16(22)9-11(2)3/h5-6,10-12,21H,4,7-9H2,1-3H3,(H,19,22)(H,20,23). The highest BCUT2D eigenvalue weighted by molar-refractivity contribution is 6.34. The molecular formula is C17H25ClN2O3. The molecule has 0 saturated heterocycles. The molecule has 0 aliphatic rings. The number of amides is 2. The van der Waals surface area contributed by atoms with Gasteiger partial charge in [0, 0.05) is 24.8 Å². The van der Waals surface area contributed by atoms with Crippen molar-refractivity contribution in [3.63, 3.8) is 0 Å². The average molecular weight is 341 g/mol. The van der Waals surface area contributed by atoms with E-state index in [2.05, 4.69) is 10.6 Å². The highest BCUT2D eigenvalue weighted by Gasteiger charge is 2.16. The lowest BCUT2D eigenvalue weighted by Crippen LogP contribution is -2.35. The van der Waals surface area contributed by atoms with Crippen molar-refractivity contribution in [2.75, 3.05) is 11.9 Å². The van der Waals surface area contributed by atoms with E-state index in [0.29, 0.717) is 35.5 Å². The van der Waals surface area contributed by atoms with Crippen molar-refractivity contribution in [3.8, 4) is 0 Å². The predicted octanol–water partition coefficient (Wildman–Crippen LogP) is 3.22. The molecule has 0 radical (unpaired) electrons. The fraction of sp³-hybridized carbons (Fsp3) is 0.529. The van der Waals surface area contributed by atoms with Crippen LogP contribution in [-0.2, 0) is 4.79 Å². The summed E-state index contributed by atoms with van der Waals surface area (Å²) in [6.07, 6.45) is 1.62. The minimum absolute atomic E-state index is 0.0117. The van der Waals surface area contributed by atoms with E-state index in [4.69, 9.17) is 16.7 Å². The van der Waals surface area contributed by atoms with Crippen LogP contribution in [0.15, 0.2) is 18.2 Å². The first-order chi connectivity index (χ1) is 10.9. The third kappa shape index (κ3) is 6.59. The molecule has 0 fully saturated rings. The number of nitrogens with one attached hydrogen (secondary N) is 2. The van der Waals surface area contributed by atoms with Gasteiger partial charge in [0.25, 0.3) is 5.91 Å². The van der Waals surface area contributed by atoms with E-state index in [1.54, 1.807) is 18.2 Å². The van der Waals surface area contributed by atoms with E-state index in [1.165, 1.54) is 0 Å². The summed E-state index contributed by atoms with van der Waals surface area (Å²) in [6.45, 7) is 5.88. The molecule has 0 aromatic heterocycles. The number of hydrogen-bond donors (Lipinski definition) is 3. The number of anilines is 1. The van der Waals surface area contributed by atoms with Crippen LogP contribution < -0.4 is 10.6 Å². The monoisotopic (exact) mass is 340 g/mol. The van der Waals surface area contributed by atoms with Gasteiger partial charge in [-0.1, -0.05) is 32.4 Å². The zero-order chi connectivity index (χ0) is 17.4. The molecule has 23 heavy (non-hydrogen) atoms. The van der Waals surface area contributed by atoms with Crippen molar-refractivity contribution in [2.45, 2.75) is 46.1 Å². The second kappa shape index (κ2) is 9.53. The summed E-state index contributed by atoms with van der Waals surface area (Å²) < 4.78 is 0. The Bertz CT molecular complexity index is 547. The average Bonchev–Trinajstić information content (AvgIpc) is 2.47. The Morgan fingerprint density at radius 2 is 2.00 bits per heavy atom. The van der Waals surface area contributed by atoms with Crippen LogP contribution in [0.25, 0.3) is 0 Å². The molecule has 1 unspecified atom stereocenters. The maximum absolute atomic E-state index is 12.3. The van der Waals surface area contributed by atoms with Crippen molar-refractivity contribution in [1.29, 1.82) is 0 Å². The first kappa shape index (κ1) is 19.5. The topological polar surface area (TPSA) is 78.4 Å². The molecule has 0 aliphatic heterocycles. The lowest BCUT2D eigenvalue weighted by atomic mass is 10.1. The zero-order valence-electron chi connectivity index (χ0n) is 13.9. The Kier molecular flexibility index (Phi) is 8.06. The van der Waals surface area contributed by atoms with Crippen molar-refractivity contribution < 1.29 is 14.7 Å². The Hall–Kier alpha value is -1.59. The van der Waals surface area contributed by atoms with Gasteiger partial charge >= 0.3 is 0 Å². The van der Waals surface area contributed by atoms with E-state index in [9.17, 15) is 9.59 Å². The molecular weight excluding hydrogens is 316 g/mol. The number of hydrogen-bond acceptors (Lipinski definition) is 3. The highest BCUT2D eigenvalue weighted by atomic mass is 35.5. The second-order valence-corrected chi connectivity index (χ2v) is 6.34. The molecule has 0 spiro atoms. The first-order valence-electron chi connectivity index (χ1n) is 7.88. The Morgan fingerprint density at radius 1 is 1.30 bits per heavy atom. The maximum Gasteiger partial charge on any atom is 0.253 e. The van der Waals surface area contributed by atoms with E-state index < -0.39 is 0 Å². The number of halogens is 1. The molecule has 0 heterocycles. The molecule has 3 N–H and O–H groups in total. The summed E-state index contributed by atoms with van der Waals surface area (Å²) in [6, 6.07) is 4.72. The van der Waals surface area contributed by atoms with Crippen LogP contribution in [0, 0.1) is 5.92 Å². The van der Waals surface area contributed by atoms with Crippen LogP contribution in [0.5, 0.6) is 0 Å². The molecule has 0 aliphatic carbocycles. The smallest absolute Gasteiger partial charge is 0.253 e. The largest absolute Gasteiger partial charge is 0.396 e. The molecule has 128 valence electrons. The Balaban J connectivity index is 2.84. The van der Waals surface area contributed by atoms with Crippen molar-refractivity contribution in [1.82, 2.24) is 5.32 Å². The molecule has 1 aromatic rings. The number of carbonyl (C=O) groups excluding carboxylic acids is 2. The minimum Gasteiger partial charge on any atom is -0.396 e. The Morgan fingerprint density at radius 3 is 2.57 bits per heavy atom. The third-order valence-corrected chi connectivity index (χ3v) is 3.72. The van der Waals surface area contributed by atoms with Gasteiger partial charge in [-0.15, -0.1) is 0 Å². The zero-order valence-corrected chi connectivity index (χ0v) is 14.6. The van der Waals surface area contributed by atoms with E-state index in [0.717, 1.165) is 0 Å². The van der Waals surface area contributed by atoms with E-state index >= 15 is 0 Å². The van der Waals surface area contributed by atoms with Gasteiger partial charge in [0.1, 0.15) is 0 Å². The van der Waals surface area contributed by atoms with Gasteiger partial charge < -0.3 is 15.7 Å². The van der Waals surface area contributed by atoms with Crippen molar-refractivity contribution in [2.24, 2.45) is 5.92 Å². The van der Waals surface area contributed by atoms with Crippen LogP contribution in [0.2, 0.25) is 5.02 Å². The van der Waals surface area contributed by atoms with Crippen LogP contribution in [0.1, 0.15) is 50.4 Å². The number of carbonyl (C=O) groups is 2. The van der Waals surface area contributed by atoms with Gasteiger partial charge in [-0.05, 0) is 37.0 Å². The molecule has 5 nitrogen and oxygen atoms in total. The molecule has 2 amide bonds.